The first-order valence-corrected chi connectivity index (χ1v) is 20.3. The van der Waals surface area contributed by atoms with Gasteiger partial charge in [0.15, 0.2) is 0 Å². The quantitative estimate of drug-likeness (QED) is 0.0608. The number of benzene rings is 4. The molecule has 4 N–H and O–H groups in total. The molecule has 2 unspecified atom stereocenters. The van der Waals surface area contributed by atoms with Crippen molar-refractivity contribution in [2.75, 3.05) is 11.5 Å². The number of hydrogen-bond acceptors (Lipinski definition) is 2. The molecule has 2 nitrogen and oxygen atoms in total. The zero-order chi connectivity index (χ0) is 35.6. The normalized spacial score (nSPS) is 12.6. The Morgan fingerprint density at radius 3 is 1.14 bits per heavy atom. The minimum Gasteiger partial charge on any atom is -0.399 e. The minimum absolute atomic E-state index is 0.454. The largest absolute Gasteiger partial charge is 0.399 e. The fraction of sp³-hybridized carbons (Fsp3) is 0.500. The maximum atomic E-state index is 6.09. The highest BCUT2D eigenvalue weighted by Gasteiger charge is 2.18. The number of unbranched alkanes of at least 4 members (excludes halogenated alkanes) is 11. The van der Waals surface area contributed by atoms with E-state index in [-0.39, 0.29) is 0 Å². The molecule has 0 aliphatic rings. The number of nitrogen functional groups attached to an aromatic ring is 2. The van der Waals surface area contributed by atoms with Crippen molar-refractivity contribution >= 4 is 11.4 Å². The van der Waals surface area contributed by atoms with E-state index >= 15 is 0 Å². The molecular weight excluding hydrogens is 605 g/mol. The first-order valence-electron chi connectivity index (χ1n) is 20.3. The van der Waals surface area contributed by atoms with Gasteiger partial charge in [-0.1, -0.05) is 152 Å². The van der Waals surface area contributed by atoms with E-state index in [1.165, 1.54) is 160 Å². The van der Waals surface area contributed by atoms with Crippen LogP contribution < -0.4 is 11.5 Å². The molecule has 270 valence electrons. The van der Waals surface area contributed by atoms with E-state index in [1.54, 1.807) is 0 Å². The predicted octanol–water partition coefficient (Wildman–Crippen LogP) is 13.8. The van der Waals surface area contributed by atoms with Crippen LogP contribution in [-0.2, 0) is 12.8 Å². The fourth-order valence-electron chi connectivity index (χ4n) is 7.93. The van der Waals surface area contributed by atoms with Crippen LogP contribution >= 0.6 is 0 Å². The Labute approximate surface area is 306 Å². The third-order valence-corrected chi connectivity index (χ3v) is 11.0. The van der Waals surface area contributed by atoms with Crippen LogP contribution in [0.3, 0.4) is 0 Å². The zero-order valence-electron chi connectivity index (χ0n) is 32.1. The van der Waals surface area contributed by atoms with Gasteiger partial charge in [-0.15, -0.1) is 0 Å². The lowest BCUT2D eigenvalue weighted by Crippen LogP contribution is -2.05. The van der Waals surface area contributed by atoms with Crippen LogP contribution in [0.15, 0.2) is 84.9 Å². The van der Waals surface area contributed by atoms with E-state index in [9.17, 15) is 0 Å². The number of aryl methyl sites for hydroxylation is 4. The van der Waals surface area contributed by atoms with Gasteiger partial charge in [0.05, 0.1) is 0 Å². The molecule has 4 aromatic rings. The van der Waals surface area contributed by atoms with Gasteiger partial charge in [-0.3, -0.25) is 0 Å². The second kappa shape index (κ2) is 21.6. The predicted molar refractivity (Wildman–Crippen MR) is 220 cm³/mol. The van der Waals surface area contributed by atoms with E-state index < -0.39 is 0 Å². The molecule has 4 rings (SSSR count). The summed E-state index contributed by atoms with van der Waals surface area (Å²) in [5.74, 6) is 0.908. The lowest BCUT2D eigenvalue weighted by Gasteiger charge is -2.21. The van der Waals surface area contributed by atoms with Crippen molar-refractivity contribution in [2.24, 2.45) is 0 Å². The lowest BCUT2D eigenvalue weighted by atomic mass is 9.84. The van der Waals surface area contributed by atoms with Crippen LogP contribution in [-0.4, -0.2) is 0 Å². The molecule has 0 fully saturated rings. The van der Waals surface area contributed by atoms with Crippen molar-refractivity contribution in [2.45, 2.75) is 155 Å². The van der Waals surface area contributed by atoms with E-state index in [2.05, 4.69) is 113 Å². The molecule has 0 heterocycles. The maximum Gasteiger partial charge on any atom is 0.0316 e. The third kappa shape index (κ3) is 12.7. The van der Waals surface area contributed by atoms with Crippen LogP contribution in [0.1, 0.15) is 173 Å². The van der Waals surface area contributed by atoms with Crippen LogP contribution in [0, 0.1) is 13.8 Å². The number of hydrogen-bond donors (Lipinski definition) is 2. The highest BCUT2D eigenvalue weighted by molar-refractivity contribution is 5.49. The average molecular weight is 673 g/mol. The zero-order valence-corrected chi connectivity index (χ0v) is 32.1. The molecule has 0 saturated carbocycles. The molecule has 50 heavy (non-hydrogen) atoms. The molecule has 0 aliphatic heterocycles. The van der Waals surface area contributed by atoms with Gasteiger partial charge in [-0.2, -0.15) is 0 Å². The Balaban J connectivity index is 1.18. The lowest BCUT2D eigenvalue weighted by molar-refractivity contribution is 0.591. The monoisotopic (exact) mass is 673 g/mol. The Kier molecular flexibility index (Phi) is 17.0. The summed E-state index contributed by atoms with van der Waals surface area (Å²) in [7, 11) is 0. The van der Waals surface area contributed by atoms with Crippen molar-refractivity contribution in [1.29, 1.82) is 0 Å². The molecule has 0 saturated heterocycles. The van der Waals surface area contributed by atoms with Gasteiger partial charge in [-0.05, 0) is 121 Å². The van der Waals surface area contributed by atoms with Gasteiger partial charge >= 0.3 is 0 Å². The second-order valence-electron chi connectivity index (χ2n) is 15.1. The molecule has 0 bridgehead atoms. The van der Waals surface area contributed by atoms with Crippen molar-refractivity contribution in [3.63, 3.8) is 0 Å². The highest BCUT2D eigenvalue weighted by Crippen LogP contribution is 2.35. The summed E-state index contributed by atoms with van der Waals surface area (Å²) in [5, 5.41) is 0. The number of rotatable bonds is 23. The Hall–Kier alpha value is -3.52. The molecule has 0 spiro atoms. The maximum absolute atomic E-state index is 6.09. The van der Waals surface area contributed by atoms with E-state index in [1.807, 2.05) is 0 Å². The Morgan fingerprint density at radius 2 is 0.780 bits per heavy atom. The van der Waals surface area contributed by atoms with Gasteiger partial charge in [0.2, 0.25) is 0 Å². The molecule has 0 aliphatic carbocycles. The van der Waals surface area contributed by atoms with E-state index in [0.29, 0.717) is 11.8 Å². The van der Waals surface area contributed by atoms with Crippen molar-refractivity contribution < 1.29 is 0 Å². The number of nitrogens with two attached hydrogens (primary N) is 2. The first kappa shape index (κ1) is 39.3. The summed E-state index contributed by atoms with van der Waals surface area (Å²) >= 11 is 0. The molecular formula is C48H68N2. The summed E-state index contributed by atoms with van der Waals surface area (Å²) in [6.07, 6.45) is 23.1. The van der Waals surface area contributed by atoms with Crippen LogP contribution in [0.25, 0.3) is 0 Å². The van der Waals surface area contributed by atoms with Gasteiger partial charge in [0.1, 0.15) is 0 Å². The van der Waals surface area contributed by atoms with Crippen LogP contribution in [0.2, 0.25) is 0 Å². The van der Waals surface area contributed by atoms with Gasteiger partial charge in [-0.25, -0.2) is 0 Å². The molecule has 0 amide bonds. The van der Waals surface area contributed by atoms with E-state index in [4.69, 9.17) is 11.5 Å². The Bertz CT molecular complexity index is 1400. The van der Waals surface area contributed by atoms with Crippen molar-refractivity contribution in [1.82, 2.24) is 0 Å². The van der Waals surface area contributed by atoms with Crippen LogP contribution in [0.5, 0.6) is 0 Å². The second-order valence-corrected chi connectivity index (χ2v) is 15.1. The summed E-state index contributed by atoms with van der Waals surface area (Å²) in [6, 6.07) is 32.1. The van der Waals surface area contributed by atoms with Crippen molar-refractivity contribution in [3.8, 4) is 0 Å². The summed E-state index contributed by atoms with van der Waals surface area (Å²) in [5.41, 5.74) is 25.3. The SMILES string of the molecule is CCCCCCC(c1ccc(CCCCCCCCc2ccc(C(CCCCCC)c3ccc(N)cc3C)cc2)cc1)c1ccc(N)cc1C. The molecule has 4 aromatic carbocycles. The van der Waals surface area contributed by atoms with Crippen LogP contribution in [0.4, 0.5) is 11.4 Å². The van der Waals surface area contributed by atoms with Gasteiger partial charge in [0.25, 0.3) is 0 Å². The van der Waals surface area contributed by atoms with Crippen molar-refractivity contribution in [3.05, 3.63) is 129 Å². The Morgan fingerprint density at radius 1 is 0.420 bits per heavy atom. The summed E-state index contributed by atoms with van der Waals surface area (Å²) < 4.78 is 0. The standard InChI is InChI=1S/C48H68N2/c1-5-7-9-17-21-47(45-33-31-43(49)35-37(45)3)41-27-23-39(24-28-41)19-15-13-11-12-14-16-20-40-25-29-42(30-26-40)48(22-18-10-8-6-2)46-34-32-44(50)36-38(46)4/h23-36,47-48H,5-22,49-50H2,1-4H3. The van der Waals surface area contributed by atoms with Gasteiger partial charge < -0.3 is 11.5 Å². The average Bonchev–Trinajstić information content (AvgIpc) is 3.11. The summed E-state index contributed by atoms with van der Waals surface area (Å²) in [4.78, 5) is 0. The summed E-state index contributed by atoms with van der Waals surface area (Å²) in [6.45, 7) is 9.01. The molecule has 2 atom stereocenters. The molecule has 0 radical (unpaired) electrons. The van der Waals surface area contributed by atoms with Gasteiger partial charge in [0, 0.05) is 23.2 Å². The van der Waals surface area contributed by atoms with E-state index in [0.717, 1.165) is 11.4 Å². The third-order valence-electron chi connectivity index (χ3n) is 11.0. The molecule has 0 aromatic heterocycles. The first-order chi connectivity index (χ1) is 24.4. The molecule has 2 heteroatoms. The topological polar surface area (TPSA) is 52.0 Å². The smallest absolute Gasteiger partial charge is 0.0316 e. The minimum atomic E-state index is 0.454. The number of anilines is 2. The highest BCUT2D eigenvalue weighted by atomic mass is 14.5. The fourth-order valence-corrected chi connectivity index (χ4v) is 7.93.